The van der Waals surface area contributed by atoms with Gasteiger partial charge in [-0.05, 0) is 24.1 Å². The monoisotopic (exact) mass is 398 g/mol. The number of aromatic nitrogens is 4. The summed E-state index contributed by atoms with van der Waals surface area (Å²) in [6.07, 6.45) is 3.24. The molecule has 0 atom stereocenters. The Morgan fingerprint density at radius 2 is 1.73 bits per heavy atom. The number of pyridine rings is 1. The zero-order valence-corrected chi connectivity index (χ0v) is 16.7. The lowest BCUT2D eigenvalue weighted by Gasteiger charge is -2.07. The molecule has 0 radical (unpaired) electrons. The van der Waals surface area contributed by atoms with E-state index in [0.29, 0.717) is 17.8 Å². The standard InChI is InChI=1S/C24H22N4O2/c1-2-14-28-22(26-23(27-28)17-8-4-3-5-9-17)15-19-13-12-18(16-25-19)20-10-6-7-11-21(20)24(29)30/h3-13,16H,2,14-15H2,1H3,(H,29,30). The smallest absolute Gasteiger partial charge is 0.336 e. The molecule has 150 valence electrons. The van der Waals surface area contributed by atoms with Crippen molar-refractivity contribution < 1.29 is 9.90 Å². The van der Waals surface area contributed by atoms with Crippen LogP contribution < -0.4 is 0 Å². The summed E-state index contributed by atoms with van der Waals surface area (Å²) >= 11 is 0. The van der Waals surface area contributed by atoms with Crippen molar-refractivity contribution in [3.8, 4) is 22.5 Å². The van der Waals surface area contributed by atoms with Gasteiger partial charge in [-0.15, -0.1) is 0 Å². The van der Waals surface area contributed by atoms with Crippen molar-refractivity contribution in [1.29, 1.82) is 0 Å². The van der Waals surface area contributed by atoms with E-state index in [4.69, 9.17) is 4.98 Å². The third-order valence-corrected chi connectivity index (χ3v) is 4.85. The van der Waals surface area contributed by atoms with E-state index in [9.17, 15) is 9.90 Å². The molecule has 6 heteroatoms. The predicted molar refractivity (Wildman–Crippen MR) is 115 cm³/mol. The molecule has 2 heterocycles. The molecule has 2 aromatic carbocycles. The molecule has 4 rings (SSSR count). The first-order valence-corrected chi connectivity index (χ1v) is 9.92. The molecular weight excluding hydrogens is 376 g/mol. The Morgan fingerprint density at radius 1 is 0.967 bits per heavy atom. The summed E-state index contributed by atoms with van der Waals surface area (Å²) in [6.45, 7) is 2.90. The maximum absolute atomic E-state index is 11.5. The highest BCUT2D eigenvalue weighted by atomic mass is 16.4. The third-order valence-electron chi connectivity index (χ3n) is 4.85. The lowest BCUT2D eigenvalue weighted by molar-refractivity contribution is 0.0697. The third kappa shape index (κ3) is 4.12. The van der Waals surface area contributed by atoms with Crippen molar-refractivity contribution in [1.82, 2.24) is 19.7 Å². The average molecular weight is 398 g/mol. The minimum absolute atomic E-state index is 0.266. The lowest BCUT2D eigenvalue weighted by Crippen LogP contribution is -2.07. The molecule has 30 heavy (non-hydrogen) atoms. The summed E-state index contributed by atoms with van der Waals surface area (Å²) in [5.74, 6) is 0.628. The Labute approximate surface area is 174 Å². The Hall–Kier alpha value is -3.80. The summed E-state index contributed by atoms with van der Waals surface area (Å²) in [5, 5.41) is 14.1. The second kappa shape index (κ2) is 8.69. The van der Waals surface area contributed by atoms with Gasteiger partial charge < -0.3 is 5.11 Å². The average Bonchev–Trinajstić information content (AvgIpc) is 3.17. The highest BCUT2D eigenvalue weighted by Gasteiger charge is 2.14. The Kier molecular flexibility index (Phi) is 5.66. The van der Waals surface area contributed by atoms with Gasteiger partial charge in [0.1, 0.15) is 5.82 Å². The molecular formula is C24H22N4O2. The number of nitrogens with zero attached hydrogens (tertiary/aromatic N) is 4. The van der Waals surface area contributed by atoms with Crippen molar-refractivity contribution in [2.24, 2.45) is 0 Å². The lowest BCUT2D eigenvalue weighted by atomic mass is 10.0. The van der Waals surface area contributed by atoms with Crippen LogP contribution in [0.25, 0.3) is 22.5 Å². The van der Waals surface area contributed by atoms with Gasteiger partial charge >= 0.3 is 5.97 Å². The number of aryl methyl sites for hydroxylation is 1. The minimum atomic E-state index is -0.948. The van der Waals surface area contributed by atoms with Crippen LogP contribution in [0.2, 0.25) is 0 Å². The van der Waals surface area contributed by atoms with Crippen LogP contribution in [0.3, 0.4) is 0 Å². The number of hydrogen-bond acceptors (Lipinski definition) is 4. The molecule has 2 aromatic heterocycles. The summed E-state index contributed by atoms with van der Waals surface area (Å²) in [4.78, 5) is 20.8. The SMILES string of the molecule is CCCn1nc(-c2ccccc2)nc1Cc1ccc(-c2ccccc2C(=O)O)cn1. The van der Waals surface area contributed by atoms with E-state index < -0.39 is 5.97 Å². The van der Waals surface area contributed by atoms with Crippen molar-refractivity contribution in [3.63, 3.8) is 0 Å². The number of carboxylic acids is 1. The predicted octanol–water partition coefficient (Wildman–Crippen LogP) is 4.71. The highest BCUT2D eigenvalue weighted by Crippen LogP contribution is 2.24. The van der Waals surface area contributed by atoms with Crippen molar-refractivity contribution in [2.75, 3.05) is 0 Å². The van der Waals surface area contributed by atoms with Gasteiger partial charge in [0.25, 0.3) is 0 Å². The van der Waals surface area contributed by atoms with Gasteiger partial charge in [-0.25, -0.2) is 14.5 Å². The quantitative estimate of drug-likeness (QED) is 0.488. The topological polar surface area (TPSA) is 80.9 Å². The zero-order valence-electron chi connectivity index (χ0n) is 16.7. The number of carbonyl (C=O) groups is 1. The van der Waals surface area contributed by atoms with E-state index in [1.807, 2.05) is 53.2 Å². The fraction of sp³-hybridized carbons (Fsp3) is 0.167. The van der Waals surface area contributed by atoms with Crippen LogP contribution in [0, 0.1) is 0 Å². The Balaban J connectivity index is 1.61. The molecule has 1 N–H and O–H groups in total. The van der Waals surface area contributed by atoms with Gasteiger partial charge in [0.2, 0.25) is 0 Å². The molecule has 6 nitrogen and oxygen atoms in total. The van der Waals surface area contributed by atoms with Crippen LogP contribution in [0.4, 0.5) is 0 Å². The largest absolute Gasteiger partial charge is 0.478 e. The number of hydrogen-bond donors (Lipinski definition) is 1. The second-order valence-electron chi connectivity index (χ2n) is 7.01. The highest BCUT2D eigenvalue weighted by molar-refractivity contribution is 5.95. The van der Waals surface area contributed by atoms with E-state index in [-0.39, 0.29) is 5.56 Å². The number of benzene rings is 2. The van der Waals surface area contributed by atoms with E-state index in [2.05, 4.69) is 17.0 Å². The van der Waals surface area contributed by atoms with Crippen molar-refractivity contribution in [3.05, 3.63) is 90.0 Å². The van der Waals surface area contributed by atoms with Crippen LogP contribution in [0.5, 0.6) is 0 Å². The molecule has 4 aromatic rings. The summed E-state index contributed by atoms with van der Waals surface area (Å²) < 4.78 is 1.94. The Morgan fingerprint density at radius 3 is 2.43 bits per heavy atom. The molecule has 0 bridgehead atoms. The van der Waals surface area contributed by atoms with Crippen molar-refractivity contribution in [2.45, 2.75) is 26.3 Å². The van der Waals surface area contributed by atoms with Gasteiger partial charge in [-0.1, -0.05) is 61.5 Å². The number of carboxylic acid groups (broad SMARTS) is 1. The first-order chi connectivity index (χ1) is 14.7. The number of aromatic carboxylic acids is 1. The molecule has 0 spiro atoms. The maximum Gasteiger partial charge on any atom is 0.336 e. The molecule has 0 aliphatic heterocycles. The fourth-order valence-corrected chi connectivity index (χ4v) is 3.38. The van der Waals surface area contributed by atoms with Crippen LogP contribution in [-0.2, 0) is 13.0 Å². The Bertz CT molecular complexity index is 1150. The zero-order chi connectivity index (χ0) is 20.9. The summed E-state index contributed by atoms with van der Waals surface area (Å²) in [6, 6.07) is 20.7. The van der Waals surface area contributed by atoms with Crippen molar-refractivity contribution >= 4 is 5.97 Å². The van der Waals surface area contributed by atoms with Gasteiger partial charge in [-0.2, -0.15) is 5.10 Å². The number of rotatable bonds is 7. The first kappa shape index (κ1) is 19.5. The molecule has 0 fully saturated rings. The summed E-state index contributed by atoms with van der Waals surface area (Å²) in [5.41, 5.74) is 3.54. The van der Waals surface area contributed by atoms with E-state index >= 15 is 0 Å². The summed E-state index contributed by atoms with van der Waals surface area (Å²) in [7, 11) is 0. The van der Waals surface area contributed by atoms with E-state index in [1.54, 1.807) is 24.4 Å². The van der Waals surface area contributed by atoms with E-state index in [1.165, 1.54) is 0 Å². The molecule has 0 unspecified atom stereocenters. The van der Waals surface area contributed by atoms with Gasteiger partial charge in [0.05, 0.1) is 5.56 Å². The minimum Gasteiger partial charge on any atom is -0.478 e. The maximum atomic E-state index is 11.5. The van der Waals surface area contributed by atoms with Crippen LogP contribution in [0.15, 0.2) is 72.9 Å². The molecule has 0 saturated heterocycles. The molecule has 0 amide bonds. The van der Waals surface area contributed by atoms with Gasteiger partial charge in [-0.3, -0.25) is 4.98 Å². The van der Waals surface area contributed by atoms with Gasteiger partial charge in [0.15, 0.2) is 5.82 Å². The first-order valence-electron chi connectivity index (χ1n) is 9.92. The van der Waals surface area contributed by atoms with Crippen LogP contribution in [0.1, 0.15) is 35.2 Å². The second-order valence-corrected chi connectivity index (χ2v) is 7.01. The van der Waals surface area contributed by atoms with E-state index in [0.717, 1.165) is 35.6 Å². The molecule has 0 saturated carbocycles. The normalized spacial score (nSPS) is 10.8. The molecule has 0 aliphatic carbocycles. The van der Waals surface area contributed by atoms with Gasteiger partial charge in [0, 0.05) is 36.0 Å². The van der Waals surface area contributed by atoms with Crippen LogP contribution in [-0.4, -0.2) is 30.8 Å². The molecule has 0 aliphatic rings. The fourth-order valence-electron chi connectivity index (χ4n) is 3.38. The van der Waals surface area contributed by atoms with Crippen LogP contribution >= 0.6 is 0 Å².